The summed E-state index contributed by atoms with van der Waals surface area (Å²) in [5.74, 6) is 0.695. The van der Waals surface area contributed by atoms with Gasteiger partial charge >= 0.3 is 0 Å². The molecule has 0 spiro atoms. The van der Waals surface area contributed by atoms with Crippen molar-refractivity contribution < 1.29 is 13.9 Å². The van der Waals surface area contributed by atoms with Gasteiger partial charge in [-0.2, -0.15) is 0 Å². The quantitative estimate of drug-likeness (QED) is 0.330. The fourth-order valence-electron chi connectivity index (χ4n) is 2.89. The standard InChI is InChI=1S/C23H21BrCl2FNO2/c1-2-29-22-10-16(13-28-12-15-6-3-4-7-19(15)25)18(24)11-23(22)30-14-17-20(26)8-5-9-21(17)27/h3-11,28H,2,12-14H2,1H3. The van der Waals surface area contributed by atoms with Gasteiger partial charge in [-0.25, -0.2) is 4.39 Å². The highest BCUT2D eigenvalue weighted by atomic mass is 79.9. The second-order valence-electron chi connectivity index (χ2n) is 6.51. The van der Waals surface area contributed by atoms with Gasteiger partial charge in [0.05, 0.1) is 11.6 Å². The van der Waals surface area contributed by atoms with E-state index in [0.717, 1.165) is 20.6 Å². The van der Waals surface area contributed by atoms with Crippen molar-refractivity contribution in [1.82, 2.24) is 5.32 Å². The second-order valence-corrected chi connectivity index (χ2v) is 8.18. The van der Waals surface area contributed by atoms with Crippen molar-refractivity contribution in [3.63, 3.8) is 0 Å². The van der Waals surface area contributed by atoms with Crippen molar-refractivity contribution in [3.05, 3.63) is 91.6 Å². The Morgan fingerprint density at radius 1 is 0.900 bits per heavy atom. The lowest BCUT2D eigenvalue weighted by molar-refractivity contribution is 0.265. The van der Waals surface area contributed by atoms with Gasteiger partial charge in [0, 0.05) is 28.1 Å². The molecule has 3 aromatic rings. The SMILES string of the molecule is CCOc1cc(CNCc2ccccc2Cl)c(Br)cc1OCc1c(F)cccc1Cl. The molecule has 0 aliphatic heterocycles. The average molecular weight is 513 g/mol. The molecule has 0 heterocycles. The zero-order chi connectivity index (χ0) is 21.5. The molecule has 158 valence electrons. The summed E-state index contributed by atoms with van der Waals surface area (Å²) in [4.78, 5) is 0. The predicted molar refractivity (Wildman–Crippen MR) is 123 cm³/mol. The van der Waals surface area contributed by atoms with E-state index in [4.69, 9.17) is 32.7 Å². The molecule has 0 bridgehead atoms. The lowest BCUT2D eigenvalue weighted by Crippen LogP contribution is -2.13. The summed E-state index contributed by atoms with van der Waals surface area (Å²) in [6.07, 6.45) is 0. The number of rotatable bonds is 9. The van der Waals surface area contributed by atoms with Crippen molar-refractivity contribution >= 4 is 39.1 Å². The number of halogens is 4. The predicted octanol–water partition coefficient (Wildman–Crippen LogP) is 7.16. The van der Waals surface area contributed by atoms with Gasteiger partial charge in [0.1, 0.15) is 12.4 Å². The fourth-order valence-corrected chi connectivity index (χ4v) is 3.77. The number of hydrogen-bond acceptors (Lipinski definition) is 3. The molecule has 3 nitrogen and oxygen atoms in total. The van der Waals surface area contributed by atoms with Gasteiger partial charge in [0.25, 0.3) is 0 Å². The molecule has 0 unspecified atom stereocenters. The minimum atomic E-state index is -0.403. The molecule has 1 N–H and O–H groups in total. The van der Waals surface area contributed by atoms with Crippen molar-refractivity contribution in [1.29, 1.82) is 0 Å². The van der Waals surface area contributed by atoms with Crippen LogP contribution < -0.4 is 14.8 Å². The third-order valence-corrected chi connectivity index (χ3v) is 5.90. The molecule has 3 aromatic carbocycles. The zero-order valence-electron chi connectivity index (χ0n) is 16.4. The summed E-state index contributed by atoms with van der Waals surface area (Å²) >= 11 is 15.9. The van der Waals surface area contributed by atoms with Gasteiger partial charge < -0.3 is 14.8 Å². The third kappa shape index (κ3) is 5.88. The van der Waals surface area contributed by atoms with Crippen molar-refractivity contribution in [2.24, 2.45) is 0 Å². The maximum absolute atomic E-state index is 14.0. The first-order valence-corrected chi connectivity index (χ1v) is 11.0. The van der Waals surface area contributed by atoms with Crippen LogP contribution in [0.15, 0.2) is 59.1 Å². The first-order valence-electron chi connectivity index (χ1n) is 9.44. The first kappa shape index (κ1) is 22.9. The Hall–Kier alpha value is -1.79. The molecule has 0 atom stereocenters. The van der Waals surface area contributed by atoms with E-state index in [0.29, 0.717) is 41.8 Å². The minimum absolute atomic E-state index is 0.00211. The molecule has 0 saturated heterocycles. The van der Waals surface area contributed by atoms with Crippen LogP contribution in [0.4, 0.5) is 4.39 Å². The molecular formula is C23H21BrCl2FNO2. The van der Waals surface area contributed by atoms with Crippen molar-refractivity contribution in [2.75, 3.05) is 6.61 Å². The van der Waals surface area contributed by atoms with E-state index in [1.165, 1.54) is 6.07 Å². The average Bonchev–Trinajstić information content (AvgIpc) is 2.72. The largest absolute Gasteiger partial charge is 0.490 e. The normalized spacial score (nSPS) is 10.8. The summed E-state index contributed by atoms with van der Waals surface area (Å²) in [5, 5.41) is 4.44. The van der Waals surface area contributed by atoms with E-state index in [9.17, 15) is 4.39 Å². The Morgan fingerprint density at radius 2 is 1.60 bits per heavy atom. The van der Waals surface area contributed by atoms with E-state index in [1.54, 1.807) is 12.1 Å². The highest BCUT2D eigenvalue weighted by Gasteiger charge is 2.14. The molecule has 0 radical (unpaired) electrons. The van der Waals surface area contributed by atoms with Crippen LogP contribution in [0.25, 0.3) is 0 Å². The van der Waals surface area contributed by atoms with E-state index in [-0.39, 0.29) is 6.61 Å². The summed E-state index contributed by atoms with van der Waals surface area (Å²) < 4.78 is 26.5. The Balaban J connectivity index is 1.72. The lowest BCUT2D eigenvalue weighted by atomic mass is 10.1. The summed E-state index contributed by atoms with van der Waals surface area (Å²) in [6, 6.07) is 16.0. The van der Waals surface area contributed by atoms with E-state index in [1.807, 2.05) is 43.3 Å². The van der Waals surface area contributed by atoms with Gasteiger partial charge in [-0.15, -0.1) is 0 Å². The van der Waals surface area contributed by atoms with Crippen LogP contribution in [0.1, 0.15) is 23.6 Å². The summed E-state index contributed by atoms with van der Waals surface area (Å²) in [6.45, 7) is 3.62. The number of benzene rings is 3. The van der Waals surface area contributed by atoms with Gasteiger partial charge in [0.2, 0.25) is 0 Å². The maximum atomic E-state index is 14.0. The molecule has 0 aliphatic carbocycles. The molecule has 0 aromatic heterocycles. The number of nitrogens with one attached hydrogen (secondary N) is 1. The Bertz CT molecular complexity index is 996. The molecule has 0 saturated carbocycles. The van der Waals surface area contributed by atoms with Gasteiger partial charge in [0.15, 0.2) is 11.5 Å². The van der Waals surface area contributed by atoms with Crippen LogP contribution in [0.5, 0.6) is 11.5 Å². The van der Waals surface area contributed by atoms with Crippen molar-refractivity contribution in [3.8, 4) is 11.5 Å². The molecule has 0 fully saturated rings. The first-order chi connectivity index (χ1) is 14.5. The molecule has 30 heavy (non-hydrogen) atoms. The number of hydrogen-bond donors (Lipinski definition) is 1. The monoisotopic (exact) mass is 511 g/mol. The van der Waals surface area contributed by atoms with E-state index >= 15 is 0 Å². The van der Waals surface area contributed by atoms with E-state index < -0.39 is 5.82 Å². The number of ether oxygens (including phenoxy) is 2. The van der Waals surface area contributed by atoms with Gasteiger partial charge in [-0.1, -0.05) is 63.4 Å². The van der Waals surface area contributed by atoms with Crippen LogP contribution in [0.3, 0.4) is 0 Å². The Kier molecular flexibility index (Phi) is 8.40. The van der Waals surface area contributed by atoms with Crippen LogP contribution in [0, 0.1) is 5.82 Å². The minimum Gasteiger partial charge on any atom is -0.490 e. The van der Waals surface area contributed by atoms with Crippen LogP contribution in [0.2, 0.25) is 10.0 Å². The summed E-state index contributed by atoms with van der Waals surface area (Å²) in [5.41, 5.74) is 2.34. The zero-order valence-corrected chi connectivity index (χ0v) is 19.5. The van der Waals surface area contributed by atoms with Gasteiger partial charge in [-0.05, 0) is 48.4 Å². The lowest BCUT2D eigenvalue weighted by Gasteiger charge is -2.16. The Morgan fingerprint density at radius 3 is 2.33 bits per heavy atom. The third-order valence-electron chi connectivity index (χ3n) is 4.44. The van der Waals surface area contributed by atoms with Gasteiger partial charge in [-0.3, -0.25) is 0 Å². The fraction of sp³-hybridized carbons (Fsp3) is 0.217. The molecule has 3 rings (SSSR count). The molecule has 0 aliphatic rings. The van der Waals surface area contributed by atoms with Crippen LogP contribution in [-0.4, -0.2) is 6.61 Å². The van der Waals surface area contributed by atoms with Crippen molar-refractivity contribution in [2.45, 2.75) is 26.6 Å². The highest BCUT2D eigenvalue weighted by Crippen LogP contribution is 2.35. The Labute approximate surface area is 194 Å². The molecular weight excluding hydrogens is 492 g/mol. The molecule has 0 amide bonds. The van der Waals surface area contributed by atoms with E-state index in [2.05, 4.69) is 21.2 Å². The van der Waals surface area contributed by atoms with Crippen LogP contribution >= 0.6 is 39.1 Å². The topological polar surface area (TPSA) is 30.5 Å². The maximum Gasteiger partial charge on any atom is 0.162 e. The second kappa shape index (κ2) is 11.0. The highest BCUT2D eigenvalue weighted by molar-refractivity contribution is 9.10. The summed E-state index contributed by atoms with van der Waals surface area (Å²) in [7, 11) is 0. The smallest absolute Gasteiger partial charge is 0.162 e. The van der Waals surface area contributed by atoms with Crippen LogP contribution in [-0.2, 0) is 19.7 Å². The molecule has 7 heteroatoms.